The Balaban J connectivity index is 2.35. The summed E-state index contributed by atoms with van der Waals surface area (Å²) in [7, 11) is 0. The molecule has 20 heavy (non-hydrogen) atoms. The molecule has 2 heteroatoms. The van der Waals surface area contributed by atoms with Gasteiger partial charge in [-0.05, 0) is 43.0 Å². The molecule has 0 amide bonds. The van der Waals surface area contributed by atoms with Crippen LogP contribution in [0.25, 0.3) is 0 Å². The van der Waals surface area contributed by atoms with E-state index in [4.69, 9.17) is 0 Å². The van der Waals surface area contributed by atoms with Gasteiger partial charge in [0.1, 0.15) is 0 Å². The van der Waals surface area contributed by atoms with Crippen molar-refractivity contribution in [1.82, 2.24) is 0 Å². The topological polar surface area (TPSA) is 17.1 Å². The second-order valence-electron chi connectivity index (χ2n) is 5.61. The molecule has 0 fully saturated rings. The second-order valence-corrected chi connectivity index (χ2v) is 6.47. The monoisotopic (exact) mass is 330 g/mol. The smallest absolute Gasteiger partial charge is 0.194 e. The molecule has 2 aromatic carbocycles. The first-order valence-electron chi connectivity index (χ1n) is 6.87. The Hall–Kier alpha value is -1.41. The molecule has 0 aliphatic carbocycles. The molecular formula is C18H19BrO. The Morgan fingerprint density at radius 2 is 1.90 bits per heavy atom. The Bertz CT molecular complexity index is 629. The van der Waals surface area contributed by atoms with Crippen molar-refractivity contribution in [1.29, 1.82) is 0 Å². The zero-order valence-electron chi connectivity index (χ0n) is 12.1. The van der Waals surface area contributed by atoms with Crippen LogP contribution in [0.5, 0.6) is 0 Å². The van der Waals surface area contributed by atoms with Crippen molar-refractivity contribution >= 4 is 21.7 Å². The van der Waals surface area contributed by atoms with Crippen molar-refractivity contribution in [2.75, 3.05) is 0 Å². The van der Waals surface area contributed by atoms with E-state index in [9.17, 15) is 4.79 Å². The van der Waals surface area contributed by atoms with Gasteiger partial charge in [0.05, 0.1) is 0 Å². The number of carbonyl (C=O) groups excluding carboxylic acids is 1. The van der Waals surface area contributed by atoms with Gasteiger partial charge in [0.15, 0.2) is 5.78 Å². The SMILES string of the molecule is Cc1ccc(Br)c(C(=O)c2cccc(CC(C)C)c2)c1. The lowest BCUT2D eigenvalue weighted by molar-refractivity contribution is 0.103. The third-order valence-electron chi connectivity index (χ3n) is 3.20. The zero-order valence-corrected chi connectivity index (χ0v) is 13.7. The fraction of sp³-hybridized carbons (Fsp3) is 0.278. The lowest BCUT2D eigenvalue weighted by atomic mass is 9.97. The van der Waals surface area contributed by atoms with Crippen molar-refractivity contribution in [3.8, 4) is 0 Å². The van der Waals surface area contributed by atoms with Crippen LogP contribution in [0.15, 0.2) is 46.9 Å². The van der Waals surface area contributed by atoms with Gasteiger partial charge in [0.2, 0.25) is 0 Å². The van der Waals surface area contributed by atoms with E-state index in [1.165, 1.54) is 5.56 Å². The molecule has 0 saturated carbocycles. The van der Waals surface area contributed by atoms with E-state index < -0.39 is 0 Å². The highest BCUT2D eigenvalue weighted by atomic mass is 79.9. The van der Waals surface area contributed by atoms with Gasteiger partial charge in [0.25, 0.3) is 0 Å². The van der Waals surface area contributed by atoms with Gasteiger partial charge in [-0.3, -0.25) is 4.79 Å². The number of hydrogen-bond donors (Lipinski definition) is 0. The number of hydrogen-bond acceptors (Lipinski definition) is 1. The van der Waals surface area contributed by atoms with Gasteiger partial charge in [-0.25, -0.2) is 0 Å². The number of carbonyl (C=O) groups is 1. The molecule has 0 heterocycles. The molecule has 0 atom stereocenters. The van der Waals surface area contributed by atoms with Crippen molar-refractivity contribution in [3.05, 3.63) is 69.2 Å². The van der Waals surface area contributed by atoms with Gasteiger partial charge in [-0.1, -0.05) is 59.6 Å². The van der Waals surface area contributed by atoms with E-state index in [0.29, 0.717) is 5.92 Å². The average Bonchev–Trinajstić information content (AvgIpc) is 2.40. The molecular weight excluding hydrogens is 312 g/mol. The summed E-state index contributed by atoms with van der Waals surface area (Å²) in [4.78, 5) is 12.6. The average molecular weight is 331 g/mol. The summed E-state index contributed by atoms with van der Waals surface area (Å²) in [6.45, 7) is 6.37. The lowest BCUT2D eigenvalue weighted by Crippen LogP contribution is -2.04. The summed E-state index contributed by atoms with van der Waals surface area (Å²) in [6, 6.07) is 13.8. The van der Waals surface area contributed by atoms with Crippen molar-refractivity contribution in [2.24, 2.45) is 5.92 Å². The predicted octanol–water partition coefficient (Wildman–Crippen LogP) is 5.19. The summed E-state index contributed by atoms with van der Waals surface area (Å²) < 4.78 is 0.849. The molecule has 0 bridgehead atoms. The van der Waals surface area contributed by atoms with Crippen LogP contribution in [0, 0.1) is 12.8 Å². The van der Waals surface area contributed by atoms with Gasteiger partial charge in [-0.2, -0.15) is 0 Å². The first-order chi connectivity index (χ1) is 9.47. The Labute approximate surface area is 129 Å². The fourth-order valence-electron chi connectivity index (χ4n) is 2.28. The third kappa shape index (κ3) is 3.57. The minimum absolute atomic E-state index is 0.0752. The molecule has 2 aromatic rings. The maximum Gasteiger partial charge on any atom is 0.194 e. The van der Waals surface area contributed by atoms with Crippen LogP contribution in [-0.2, 0) is 6.42 Å². The summed E-state index contributed by atoms with van der Waals surface area (Å²) >= 11 is 3.47. The van der Waals surface area contributed by atoms with Gasteiger partial charge < -0.3 is 0 Å². The predicted molar refractivity (Wildman–Crippen MR) is 87.3 cm³/mol. The second kappa shape index (κ2) is 6.36. The van der Waals surface area contributed by atoms with Crippen LogP contribution in [0.2, 0.25) is 0 Å². The number of ketones is 1. The molecule has 104 valence electrons. The minimum Gasteiger partial charge on any atom is -0.289 e. The Morgan fingerprint density at radius 1 is 1.15 bits per heavy atom. The highest BCUT2D eigenvalue weighted by Crippen LogP contribution is 2.22. The summed E-state index contributed by atoms with van der Waals surface area (Å²) in [5.41, 5.74) is 3.80. The molecule has 0 unspecified atom stereocenters. The molecule has 0 spiro atoms. The van der Waals surface area contributed by atoms with Gasteiger partial charge in [0, 0.05) is 15.6 Å². The number of halogens is 1. The summed E-state index contributed by atoms with van der Waals surface area (Å²) in [5, 5.41) is 0. The summed E-state index contributed by atoms with van der Waals surface area (Å²) in [6.07, 6.45) is 0.996. The van der Waals surface area contributed by atoms with Crippen LogP contribution in [0.1, 0.15) is 40.9 Å². The van der Waals surface area contributed by atoms with Crippen molar-refractivity contribution in [3.63, 3.8) is 0 Å². The van der Waals surface area contributed by atoms with Gasteiger partial charge >= 0.3 is 0 Å². The Kier molecular flexibility index (Phi) is 4.77. The third-order valence-corrected chi connectivity index (χ3v) is 3.89. The van der Waals surface area contributed by atoms with E-state index in [-0.39, 0.29) is 5.78 Å². The molecule has 0 radical (unpaired) electrons. The quantitative estimate of drug-likeness (QED) is 0.705. The Morgan fingerprint density at radius 3 is 2.60 bits per heavy atom. The maximum absolute atomic E-state index is 12.6. The first-order valence-corrected chi connectivity index (χ1v) is 7.66. The van der Waals surface area contributed by atoms with E-state index in [0.717, 1.165) is 27.6 Å². The number of aryl methyl sites for hydroxylation is 1. The number of benzene rings is 2. The van der Waals surface area contributed by atoms with Gasteiger partial charge in [-0.15, -0.1) is 0 Å². The largest absolute Gasteiger partial charge is 0.289 e. The zero-order chi connectivity index (χ0) is 14.7. The summed E-state index contributed by atoms with van der Waals surface area (Å²) in [5.74, 6) is 0.664. The highest BCUT2D eigenvalue weighted by Gasteiger charge is 2.13. The van der Waals surface area contributed by atoms with Crippen molar-refractivity contribution in [2.45, 2.75) is 27.2 Å². The molecule has 0 aromatic heterocycles. The van der Waals surface area contributed by atoms with Crippen LogP contribution < -0.4 is 0 Å². The number of rotatable bonds is 4. The molecule has 0 aliphatic rings. The fourth-order valence-corrected chi connectivity index (χ4v) is 2.71. The maximum atomic E-state index is 12.6. The highest BCUT2D eigenvalue weighted by molar-refractivity contribution is 9.10. The van der Waals surface area contributed by atoms with Crippen molar-refractivity contribution < 1.29 is 4.79 Å². The standard InChI is InChI=1S/C18H19BrO/c1-12(2)9-14-5-4-6-15(11-14)18(20)16-10-13(3)7-8-17(16)19/h4-8,10-12H,9H2,1-3H3. The normalized spacial score (nSPS) is 10.8. The molecule has 2 rings (SSSR count). The van der Waals surface area contributed by atoms with E-state index in [1.807, 2.05) is 43.3 Å². The van der Waals surface area contributed by atoms with E-state index in [2.05, 4.69) is 35.8 Å². The molecule has 0 aliphatic heterocycles. The van der Waals surface area contributed by atoms with Crippen LogP contribution in [-0.4, -0.2) is 5.78 Å². The lowest BCUT2D eigenvalue weighted by Gasteiger charge is -2.09. The van der Waals surface area contributed by atoms with Crippen LogP contribution in [0.3, 0.4) is 0 Å². The van der Waals surface area contributed by atoms with E-state index in [1.54, 1.807) is 0 Å². The minimum atomic E-state index is 0.0752. The molecule has 1 nitrogen and oxygen atoms in total. The first kappa shape index (κ1) is 15.0. The van der Waals surface area contributed by atoms with Crippen LogP contribution >= 0.6 is 15.9 Å². The molecule has 0 saturated heterocycles. The van der Waals surface area contributed by atoms with E-state index >= 15 is 0 Å². The van der Waals surface area contributed by atoms with Crippen LogP contribution in [0.4, 0.5) is 0 Å². The molecule has 0 N–H and O–H groups in total.